The lowest BCUT2D eigenvalue weighted by molar-refractivity contribution is -0.00461. The number of ether oxygens (including phenoxy) is 2. The Labute approximate surface area is 84.8 Å². The highest BCUT2D eigenvalue weighted by molar-refractivity contribution is 4.87. The van der Waals surface area contributed by atoms with Gasteiger partial charge in [0.05, 0.1) is 18.8 Å². The third kappa shape index (κ3) is 2.90. The van der Waals surface area contributed by atoms with Crippen LogP contribution < -0.4 is 5.73 Å². The Morgan fingerprint density at radius 2 is 1.86 bits per heavy atom. The third-order valence-corrected chi connectivity index (χ3v) is 2.62. The van der Waals surface area contributed by atoms with Crippen LogP contribution in [0.15, 0.2) is 0 Å². The average Bonchev–Trinajstić information content (AvgIpc) is 2.59. The minimum Gasteiger partial charge on any atom is -0.395 e. The van der Waals surface area contributed by atoms with Crippen molar-refractivity contribution in [1.82, 2.24) is 4.90 Å². The van der Waals surface area contributed by atoms with E-state index in [0.29, 0.717) is 6.54 Å². The number of hydrogen-bond donors (Lipinski definition) is 2. The summed E-state index contributed by atoms with van der Waals surface area (Å²) in [7, 11) is 3.37. The Hall–Kier alpha value is -0.200. The molecular weight excluding hydrogens is 184 g/mol. The molecule has 0 amide bonds. The Kier molecular flexibility index (Phi) is 4.77. The van der Waals surface area contributed by atoms with Crippen molar-refractivity contribution in [3.05, 3.63) is 0 Å². The van der Waals surface area contributed by atoms with Crippen molar-refractivity contribution in [3.8, 4) is 0 Å². The molecule has 1 rings (SSSR count). The lowest BCUT2D eigenvalue weighted by atomic mass is 10.3. The molecule has 0 radical (unpaired) electrons. The van der Waals surface area contributed by atoms with E-state index in [2.05, 4.69) is 4.90 Å². The fraction of sp³-hybridized carbons (Fsp3) is 1.00. The van der Waals surface area contributed by atoms with Gasteiger partial charge in [0.2, 0.25) is 0 Å². The molecule has 0 aromatic rings. The summed E-state index contributed by atoms with van der Waals surface area (Å²) in [5.41, 5.74) is 5.65. The quantitative estimate of drug-likeness (QED) is 0.579. The number of likely N-dealkylation sites (tertiary alicyclic amines) is 1. The molecule has 0 bridgehead atoms. The second kappa shape index (κ2) is 5.63. The van der Waals surface area contributed by atoms with Gasteiger partial charge in [-0.05, 0) is 0 Å². The number of nitrogens with two attached hydrogens (primary N) is 1. The highest BCUT2D eigenvalue weighted by Gasteiger charge is 2.33. The smallest absolute Gasteiger partial charge is 0.0971 e. The maximum Gasteiger partial charge on any atom is 0.0971 e. The van der Waals surface area contributed by atoms with E-state index in [4.69, 9.17) is 20.3 Å². The normalized spacial score (nSPS) is 30.9. The first-order valence-corrected chi connectivity index (χ1v) is 4.85. The summed E-state index contributed by atoms with van der Waals surface area (Å²) in [5, 5.41) is 8.83. The Balaban J connectivity index is 2.37. The van der Waals surface area contributed by atoms with Crippen molar-refractivity contribution in [1.29, 1.82) is 0 Å². The van der Waals surface area contributed by atoms with Gasteiger partial charge < -0.3 is 20.3 Å². The minimum absolute atomic E-state index is 0.0196. The monoisotopic (exact) mass is 204 g/mol. The van der Waals surface area contributed by atoms with Gasteiger partial charge in [0, 0.05) is 39.9 Å². The molecule has 3 N–H and O–H groups in total. The van der Waals surface area contributed by atoms with Crippen molar-refractivity contribution in [2.45, 2.75) is 18.2 Å². The maximum atomic E-state index is 8.83. The Bertz CT molecular complexity index is 156. The fourth-order valence-corrected chi connectivity index (χ4v) is 1.81. The zero-order valence-electron chi connectivity index (χ0n) is 8.85. The van der Waals surface area contributed by atoms with E-state index >= 15 is 0 Å². The van der Waals surface area contributed by atoms with E-state index in [1.54, 1.807) is 14.2 Å². The third-order valence-electron chi connectivity index (χ3n) is 2.62. The van der Waals surface area contributed by atoms with E-state index in [1.165, 1.54) is 0 Å². The van der Waals surface area contributed by atoms with Crippen molar-refractivity contribution < 1.29 is 14.6 Å². The van der Waals surface area contributed by atoms with Crippen LogP contribution in [0.4, 0.5) is 0 Å². The van der Waals surface area contributed by atoms with Crippen LogP contribution in [0, 0.1) is 0 Å². The van der Waals surface area contributed by atoms with Gasteiger partial charge in [-0.2, -0.15) is 0 Å². The molecule has 0 aromatic heterocycles. The molecule has 5 nitrogen and oxygen atoms in total. The number of nitrogens with zero attached hydrogens (tertiary/aromatic N) is 1. The molecule has 0 aromatic carbocycles. The molecule has 1 heterocycles. The molecule has 3 atom stereocenters. The van der Waals surface area contributed by atoms with E-state index in [-0.39, 0.29) is 24.9 Å². The molecule has 0 aliphatic carbocycles. The van der Waals surface area contributed by atoms with Gasteiger partial charge in [0.15, 0.2) is 0 Å². The predicted octanol–water partition coefficient (Wildman–Crippen LogP) is -1.35. The first kappa shape index (κ1) is 11.9. The Morgan fingerprint density at radius 1 is 1.36 bits per heavy atom. The van der Waals surface area contributed by atoms with Crippen molar-refractivity contribution >= 4 is 0 Å². The highest BCUT2D eigenvalue weighted by Crippen LogP contribution is 2.15. The summed E-state index contributed by atoms with van der Waals surface area (Å²) < 4.78 is 10.6. The summed E-state index contributed by atoms with van der Waals surface area (Å²) in [5.74, 6) is 0. The molecule has 1 fully saturated rings. The lowest BCUT2D eigenvalue weighted by Crippen LogP contribution is -2.39. The van der Waals surface area contributed by atoms with Gasteiger partial charge in [-0.1, -0.05) is 0 Å². The van der Waals surface area contributed by atoms with Crippen molar-refractivity contribution in [2.24, 2.45) is 5.73 Å². The van der Waals surface area contributed by atoms with Crippen LogP contribution in [-0.2, 0) is 9.47 Å². The summed E-state index contributed by atoms with van der Waals surface area (Å²) in [4.78, 5) is 2.16. The van der Waals surface area contributed by atoms with Crippen LogP contribution in [0.5, 0.6) is 0 Å². The molecule has 1 saturated heterocycles. The van der Waals surface area contributed by atoms with E-state index in [0.717, 1.165) is 13.1 Å². The van der Waals surface area contributed by atoms with Gasteiger partial charge in [-0.25, -0.2) is 0 Å². The zero-order valence-corrected chi connectivity index (χ0v) is 8.85. The van der Waals surface area contributed by atoms with Crippen LogP contribution in [0.3, 0.4) is 0 Å². The van der Waals surface area contributed by atoms with Crippen LogP contribution in [0.25, 0.3) is 0 Å². The number of rotatable bonds is 5. The van der Waals surface area contributed by atoms with Crippen LogP contribution >= 0.6 is 0 Å². The number of methoxy groups -OCH3 is 2. The second-order valence-corrected chi connectivity index (χ2v) is 3.71. The first-order valence-electron chi connectivity index (χ1n) is 4.85. The minimum atomic E-state index is -0.178. The molecule has 3 unspecified atom stereocenters. The standard InChI is InChI=1S/C9H20N2O3/c1-13-8-4-11(3-7(10)6-12)5-9(8)14-2/h7-9,12H,3-6,10H2,1-2H3. The SMILES string of the molecule is COC1CN(CC(N)CO)CC1OC. The van der Waals surface area contributed by atoms with Gasteiger partial charge in [-0.3, -0.25) is 4.90 Å². The summed E-state index contributed by atoms with van der Waals surface area (Å²) in [6.45, 7) is 2.35. The molecule has 1 aliphatic heterocycles. The number of aliphatic hydroxyl groups is 1. The van der Waals surface area contributed by atoms with Crippen LogP contribution in [0.2, 0.25) is 0 Å². The molecule has 5 heteroatoms. The molecular formula is C9H20N2O3. The summed E-state index contributed by atoms with van der Waals surface area (Å²) in [6, 6.07) is -0.178. The average molecular weight is 204 g/mol. The molecule has 14 heavy (non-hydrogen) atoms. The molecule has 84 valence electrons. The van der Waals surface area contributed by atoms with Crippen LogP contribution in [0.1, 0.15) is 0 Å². The van der Waals surface area contributed by atoms with E-state index in [1.807, 2.05) is 0 Å². The molecule has 0 spiro atoms. The topological polar surface area (TPSA) is 68.0 Å². The largest absolute Gasteiger partial charge is 0.395 e. The van der Waals surface area contributed by atoms with Gasteiger partial charge in [-0.15, -0.1) is 0 Å². The lowest BCUT2D eigenvalue weighted by Gasteiger charge is -2.18. The number of hydrogen-bond acceptors (Lipinski definition) is 5. The van der Waals surface area contributed by atoms with Crippen LogP contribution in [-0.4, -0.2) is 68.7 Å². The van der Waals surface area contributed by atoms with Gasteiger partial charge >= 0.3 is 0 Å². The second-order valence-electron chi connectivity index (χ2n) is 3.71. The van der Waals surface area contributed by atoms with Gasteiger partial charge in [0.25, 0.3) is 0 Å². The predicted molar refractivity (Wildman–Crippen MR) is 53.1 cm³/mol. The zero-order chi connectivity index (χ0) is 10.6. The molecule has 0 saturated carbocycles. The fourth-order valence-electron chi connectivity index (χ4n) is 1.81. The van der Waals surface area contributed by atoms with Crippen molar-refractivity contribution in [3.63, 3.8) is 0 Å². The summed E-state index contributed by atoms with van der Waals surface area (Å²) in [6.07, 6.45) is 0.233. The highest BCUT2D eigenvalue weighted by atomic mass is 16.5. The summed E-state index contributed by atoms with van der Waals surface area (Å²) >= 11 is 0. The first-order chi connectivity index (χ1) is 6.71. The maximum absolute atomic E-state index is 8.83. The van der Waals surface area contributed by atoms with E-state index in [9.17, 15) is 0 Å². The number of aliphatic hydroxyl groups excluding tert-OH is 1. The molecule has 1 aliphatic rings. The van der Waals surface area contributed by atoms with E-state index < -0.39 is 0 Å². The Morgan fingerprint density at radius 3 is 2.21 bits per heavy atom. The van der Waals surface area contributed by atoms with Crippen molar-refractivity contribution in [2.75, 3.05) is 40.5 Å². The van der Waals surface area contributed by atoms with Gasteiger partial charge in [0.1, 0.15) is 0 Å².